The molecule has 0 nitrogen and oxygen atoms in total. The predicted molar refractivity (Wildman–Crippen MR) is 122 cm³/mol. The maximum atomic E-state index is 2.36. The molecule has 0 saturated heterocycles. The fraction of sp³-hybridized carbons (Fsp3) is 0.481. The first-order chi connectivity index (χ1) is 13.2. The van der Waals surface area contributed by atoms with Crippen LogP contribution in [0, 0.1) is 19.8 Å². The van der Waals surface area contributed by atoms with E-state index < -0.39 is 0 Å². The molecule has 148 valence electrons. The quantitative estimate of drug-likeness (QED) is 0.410. The van der Waals surface area contributed by atoms with Crippen LogP contribution >= 0.6 is 0 Å². The Morgan fingerprint density at radius 2 is 0.963 bits per heavy atom. The number of rotatable bonds is 0. The zero-order valence-corrected chi connectivity index (χ0v) is 17.9. The van der Waals surface area contributed by atoms with E-state index in [-0.39, 0.29) is 0 Å². The van der Waals surface area contributed by atoms with Crippen molar-refractivity contribution < 1.29 is 0 Å². The molecule has 0 bridgehead atoms. The minimum absolute atomic E-state index is 1.04. The third-order valence-corrected chi connectivity index (χ3v) is 4.93. The van der Waals surface area contributed by atoms with E-state index >= 15 is 0 Å². The van der Waals surface area contributed by atoms with Crippen molar-refractivity contribution in [2.45, 2.75) is 78.6 Å². The first-order valence-electron chi connectivity index (χ1n) is 10.9. The maximum Gasteiger partial charge on any atom is -0.0351 e. The van der Waals surface area contributed by atoms with Gasteiger partial charge in [-0.3, -0.25) is 0 Å². The highest BCUT2D eigenvalue weighted by Gasteiger charge is 2.05. The van der Waals surface area contributed by atoms with E-state index in [1.165, 1.54) is 68.9 Å². The molecule has 0 heterocycles. The molecule has 2 aliphatic carbocycles. The molecule has 0 spiro atoms. The van der Waals surface area contributed by atoms with Crippen LogP contribution in [0.25, 0.3) is 0 Å². The summed E-state index contributed by atoms with van der Waals surface area (Å²) in [5.41, 5.74) is 2.64. The lowest BCUT2D eigenvalue weighted by Crippen LogP contribution is -1.99. The monoisotopic (exact) mass is 364 g/mol. The van der Waals surface area contributed by atoms with Gasteiger partial charge in [-0.25, -0.2) is 0 Å². The third kappa shape index (κ3) is 15.0. The molecule has 2 aliphatic rings. The second kappa shape index (κ2) is 16.4. The Kier molecular flexibility index (Phi) is 14.1. The van der Waals surface area contributed by atoms with Crippen molar-refractivity contribution in [3.63, 3.8) is 0 Å². The van der Waals surface area contributed by atoms with E-state index in [9.17, 15) is 0 Å². The topological polar surface area (TPSA) is 0 Å². The van der Waals surface area contributed by atoms with E-state index in [0.29, 0.717) is 0 Å². The summed E-state index contributed by atoms with van der Waals surface area (Å²) in [4.78, 5) is 0. The maximum absolute atomic E-state index is 2.36. The molecule has 2 aromatic carbocycles. The van der Waals surface area contributed by atoms with Gasteiger partial charge in [0.15, 0.2) is 0 Å². The van der Waals surface area contributed by atoms with Crippen molar-refractivity contribution in [1.29, 1.82) is 0 Å². The molecule has 0 unspecified atom stereocenters. The summed E-state index contributed by atoms with van der Waals surface area (Å²) in [6.07, 6.45) is 17.4. The van der Waals surface area contributed by atoms with Gasteiger partial charge < -0.3 is 0 Å². The molecular weight excluding hydrogens is 324 g/mol. The van der Waals surface area contributed by atoms with Gasteiger partial charge in [-0.05, 0) is 45.4 Å². The van der Waals surface area contributed by atoms with Gasteiger partial charge in [-0.1, -0.05) is 123 Å². The smallest absolute Gasteiger partial charge is 0.0351 e. The summed E-state index contributed by atoms with van der Waals surface area (Å²) in [7, 11) is 0. The minimum atomic E-state index is 1.04. The number of allylic oxidation sites excluding steroid dienone is 2. The van der Waals surface area contributed by atoms with Crippen LogP contribution in [-0.2, 0) is 0 Å². The van der Waals surface area contributed by atoms with Gasteiger partial charge in [-0.15, -0.1) is 0 Å². The molecule has 0 atom stereocenters. The van der Waals surface area contributed by atoms with Crippen molar-refractivity contribution in [2.24, 2.45) is 5.92 Å². The molecular formula is C27H40. The van der Waals surface area contributed by atoms with Crippen molar-refractivity contribution in [3.8, 4) is 0 Å². The lowest BCUT2D eigenvalue weighted by Gasteiger charge is -2.15. The Morgan fingerprint density at radius 1 is 0.556 bits per heavy atom. The second-order valence-corrected chi connectivity index (χ2v) is 7.81. The predicted octanol–water partition coefficient (Wildman–Crippen LogP) is 8.69. The molecule has 1 fully saturated rings. The van der Waals surface area contributed by atoms with Crippen LogP contribution in [0.15, 0.2) is 72.8 Å². The zero-order valence-electron chi connectivity index (χ0n) is 17.9. The number of aryl methyl sites for hydroxylation is 2. The van der Waals surface area contributed by atoms with Gasteiger partial charge in [0.1, 0.15) is 0 Å². The molecule has 2 aromatic rings. The minimum Gasteiger partial charge on any atom is -0.0885 e. The van der Waals surface area contributed by atoms with Crippen LogP contribution in [0.2, 0.25) is 0 Å². The fourth-order valence-corrected chi connectivity index (χ4v) is 3.14. The molecule has 0 N–H and O–H groups in total. The molecule has 1 saturated carbocycles. The second-order valence-electron chi connectivity index (χ2n) is 7.81. The third-order valence-electron chi connectivity index (χ3n) is 4.93. The summed E-state index contributed by atoms with van der Waals surface area (Å²) in [6, 6.07) is 20.5. The number of hydrogen-bond acceptors (Lipinski definition) is 0. The lowest BCUT2D eigenvalue weighted by molar-refractivity contribution is 0.385. The SMILES string of the molecule is C1=CCCCC1.CC1CCCCC1.Cc1ccccc1.Cc1ccccc1. The number of benzene rings is 2. The van der Waals surface area contributed by atoms with Crippen LogP contribution in [0.4, 0.5) is 0 Å². The highest BCUT2D eigenvalue weighted by molar-refractivity contribution is 5.12. The Bertz CT molecular complexity index is 516. The largest absolute Gasteiger partial charge is 0.0885 e. The highest BCUT2D eigenvalue weighted by atomic mass is 14.1. The summed E-state index contributed by atoms with van der Waals surface area (Å²) >= 11 is 0. The van der Waals surface area contributed by atoms with Crippen LogP contribution in [0.1, 0.15) is 75.8 Å². The fourth-order valence-electron chi connectivity index (χ4n) is 3.14. The van der Waals surface area contributed by atoms with E-state index in [4.69, 9.17) is 0 Å². The van der Waals surface area contributed by atoms with Crippen LogP contribution in [0.5, 0.6) is 0 Å². The molecule has 0 aliphatic heterocycles. The van der Waals surface area contributed by atoms with Gasteiger partial charge >= 0.3 is 0 Å². The molecule has 0 heteroatoms. The Morgan fingerprint density at radius 3 is 1.15 bits per heavy atom. The summed E-state index contributed by atoms with van der Waals surface area (Å²) in [5.74, 6) is 1.04. The molecule has 0 radical (unpaired) electrons. The van der Waals surface area contributed by atoms with Crippen molar-refractivity contribution in [2.75, 3.05) is 0 Å². The van der Waals surface area contributed by atoms with E-state index in [0.717, 1.165) is 5.92 Å². The van der Waals surface area contributed by atoms with Crippen LogP contribution in [-0.4, -0.2) is 0 Å². The summed E-state index contributed by atoms with van der Waals surface area (Å²) in [5, 5.41) is 0. The van der Waals surface area contributed by atoms with Crippen molar-refractivity contribution in [3.05, 3.63) is 83.9 Å². The molecule has 0 aromatic heterocycles. The Labute approximate surface area is 168 Å². The summed E-state index contributed by atoms with van der Waals surface area (Å²) < 4.78 is 0. The van der Waals surface area contributed by atoms with Crippen molar-refractivity contribution in [1.82, 2.24) is 0 Å². The number of hydrogen-bond donors (Lipinski definition) is 0. The van der Waals surface area contributed by atoms with E-state index in [1.807, 2.05) is 36.4 Å². The summed E-state index contributed by atoms with van der Waals surface area (Å²) in [6.45, 7) is 6.53. The Balaban J connectivity index is 0.000000180. The van der Waals surface area contributed by atoms with E-state index in [1.54, 1.807) is 0 Å². The van der Waals surface area contributed by atoms with E-state index in [2.05, 4.69) is 57.2 Å². The van der Waals surface area contributed by atoms with Gasteiger partial charge in [0.2, 0.25) is 0 Å². The molecule has 27 heavy (non-hydrogen) atoms. The average molecular weight is 365 g/mol. The van der Waals surface area contributed by atoms with Gasteiger partial charge in [0.25, 0.3) is 0 Å². The zero-order chi connectivity index (χ0) is 19.6. The van der Waals surface area contributed by atoms with Gasteiger partial charge in [0, 0.05) is 0 Å². The molecule has 4 rings (SSSR count). The standard InChI is InChI=1S/C7H14.2C7H8.C6H10/c3*1-7-5-3-2-4-6-7;1-2-4-6-5-3-1/h7H,2-6H2,1H3;2*2-6H,1H3;1-2H,3-6H2. The van der Waals surface area contributed by atoms with Gasteiger partial charge in [-0.2, -0.15) is 0 Å². The van der Waals surface area contributed by atoms with Crippen LogP contribution in [0.3, 0.4) is 0 Å². The lowest BCUT2D eigenvalue weighted by atomic mass is 9.91. The van der Waals surface area contributed by atoms with Gasteiger partial charge in [0.05, 0.1) is 0 Å². The van der Waals surface area contributed by atoms with Crippen LogP contribution < -0.4 is 0 Å². The highest BCUT2D eigenvalue weighted by Crippen LogP contribution is 2.22. The normalized spacial score (nSPS) is 15.8. The first kappa shape index (κ1) is 23.2. The first-order valence-corrected chi connectivity index (χ1v) is 10.9. The average Bonchev–Trinajstić information content (AvgIpc) is 2.73. The molecule has 0 amide bonds. The Hall–Kier alpha value is -1.82. The van der Waals surface area contributed by atoms with Crippen molar-refractivity contribution >= 4 is 0 Å².